The van der Waals surface area contributed by atoms with E-state index in [1.54, 1.807) is 0 Å². The zero-order valence-electron chi connectivity index (χ0n) is 58.1. The predicted molar refractivity (Wildman–Crippen MR) is 358 cm³/mol. The maximum absolute atomic E-state index is 13.0. The molecule has 0 aromatic rings. The van der Waals surface area contributed by atoms with Gasteiger partial charge in [0.25, 0.3) is 0 Å². The Morgan fingerprint density at radius 1 is 0.315 bits per heavy atom. The topological polar surface area (TPSA) is 237 Å². The first-order chi connectivity index (χ1) is 42.7. The van der Waals surface area contributed by atoms with Crippen LogP contribution in [0.25, 0.3) is 0 Å². The summed E-state index contributed by atoms with van der Waals surface area (Å²) in [6, 6.07) is 0. The van der Waals surface area contributed by atoms with E-state index >= 15 is 0 Å². The summed E-state index contributed by atoms with van der Waals surface area (Å²) in [7, 11) is -9.90. The van der Waals surface area contributed by atoms with E-state index in [0.29, 0.717) is 25.7 Å². The normalized spacial score (nSPS) is 15.2. The van der Waals surface area contributed by atoms with Crippen LogP contribution in [-0.4, -0.2) is 96.7 Å². The summed E-state index contributed by atoms with van der Waals surface area (Å²) in [5.74, 6) is 0.923. The molecule has 8 atom stereocenters. The lowest BCUT2D eigenvalue weighted by atomic mass is 9.99. The highest BCUT2D eigenvalue weighted by molar-refractivity contribution is 7.47. The van der Waals surface area contributed by atoms with Crippen LogP contribution >= 0.6 is 15.6 Å². The third kappa shape index (κ3) is 60.7. The minimum atomic E-state index is -4.95. The van der Waals surface area contributed by atoms with Crippen LogP contribution in [0.1, 0.15) is 344 Å². The number of esters is 4. The van der Waals surface area contributed by atoms with E-state index in [9.17, 15) is 43.2 Å². The molecule has 0 aliphatic heterocycles. The van der Waals surface area contributed by atoms with E-state index in [2.05, 4.69) is 55.4 Å². The van der Waals surface area contributed by atoms with Crippen LogP contribution in [-0.2, 0) is 65.4 Å². The highest BCUT2D eigenvalue weighted by Crippen LogP contribution is 2.45. The SMILES string of the molecule is CCC(C)CCCCCCCCCCC(=O)OC[C@H](COP(=O)(O)OC[C@@H](O)COP(=O)(O)OC[C@@H](COC(=O)CCCCCCCCC(C)CC)OC(=O)CCCCCCCCCCCCCCC(C)C)OC(=O)CCCCCCCCCCC(C)CC. The standard InChI is InChI=1S/C70H136O17P2/c1-9-61(6)47-39-31-23-18-20-25-34-42-50-67(72)80-56-65(87-70(75)53-45-37-27-21-19-24-32-40-48-62(7)10-2)58-84-88(76,77)82-54-64(71)55-83-89(78,79)85-59-66(57-81-68(73)51-43-35-29-28-33-41-49-63(8)11-3)86-69(74)52-44-36-26-17-15-13-12-14-16-22-30-38-46-60(4)5/h60-66,71H,9-59H2,1-8H3,(H,76,77)(H,78,79)/t61?,62?,63?,64-,65-,66-/m1/s1. The minimum absolute atomic E-state index is 0.104. The summed E-state index contributed by atoms with van der Waals surface area (Å²) < 4.78 is 68.3. The van der Waals surface area contributed by atoms with Crippen molar-refractivity contribution in [3.05, 3.63) is 0 Å². The average Bonchev–Trinajstić information content (AvgIpc) is 3.68. The highest BCUT2D eigenvalue weighted by atomic mass is 31.2. The van der Waals surface area contributed by atoms with Gasteiger partial charge in [0.1, 0.15) is 19.3 Å². The molecule has 0 fully saturated rings. The fourth-order valence-corrected chi connectivity index (χ4v) is 12.0. The number of carbonyl (C=O) groups excluding carboxylic acids is 4. The first-order valence-electron chi connectivity index (χ1n) is 36.3. The second-order valence-corrected chi connectivity index (χ2v) is 29.4. The van der Waals surface area contributed by atoms with E-state index in [4.69, 9.17) is 37.0 Å². The fourth-order valence-electron chi connectivity index (χ4n) is 10.4. The van der Waals surface area contributed by atoms with Gasteiger partial charge < -0.3 is 33.8 Å². The van der Waals surface area contributed by atoms with Gasteiger partial charge in [0.15, 0.2) is 12.2 Å². The van der Waals surface area contributed by atoms with Crippen LogP contribution in [0.2, 0.25) is 0 Å². The number of aliphatic hydroxyl groups is 1. The number of carbonyl (C=O) groups is 4. The van der Waals surface area contributed by atoms with Gasteiger partial charge in [-0.25, -0.2) is 9.13 Å². The third-order valence-electron chi connectivity index (χ3n) is 17.2. The predicted octanol–water partition coefficient (Wildman–Crippen LogP) is 19.7. The lowest BCUT2D eigenvalue weighted by molar-refractivity contribution is -0.161. The van der Waals surface area contributed by atoms with E-state index in [0.717, 1.165) is 120 Å². The number of hydrogen-bond donors (Lipinski definition) is 3. The first-order valence-corrected chi connectivity index (χ1v) is 39.3. The molecule has 89 heavy (non-hydrogen) atoms. The molecule has 0 aliphatic carbocycles. The maximum Gasteiger partial charge on any atom is 0.472 e. The fraction of sp³-hybridized carbons (Fsp3) is 0.943. The molecule has 19 heteroatoms. The summed E-state index contributed by atoms with van der Waals surface area (Å²) >= 11 is 0. The van der Waals surface area contributed by atoms with Crippen molar-refractivity contribution >= 4 is 39.5 Å². The van der Waals surface area contributed by atoms with Crippen molar-refractivity contribution in [3.8, 4) is 0 Å². The molecule has 0 amide bonds. The second kappa shape index (κ2) is 59.8. The lowest BCUT2D eigenvalue weighted by Gasteiger charge is -2.21. The van der Waals surface area contributed by atoms with Gasteiger partial charge in [-0.2, -0.15) is 0 Å². The van der Waals surface area contributed by atoms with Crippen LogP contribution in [0.3, 0.4) is 0 Å². The van der Waals surface area contributed by atoms with Gasteiger partial charge in [-0.05, 0) is 49.4 Å². The number of rotatable bonds is 67. The zero-order valence-corrected chi connectivity index (χ0v) is 59.8. The number of phosphoric acid groups is 2. The van der Waals surface area contributed by atoms with E-state index in [1.165, 1.54) is 141 Å². The number of phosphoric ester groups is 2. The van der Waals surface area contributed by atoms with Gasteiger partial charge in [-0.1, -0.05) is 293 Å². The Hall–Kier alpha value is -1.94. The largest absolute Gasteiger partial charge is 0.472 e. The van der Waals surface area contributed by atoms with Crippen molar-refractivity contribution in [2.45, 2.75) is 363 Å². The molecule has 17 nitrogen and oxygen atoms in total. The van der Waals surface area contributed by atoms with Crippen LogP contribution in [0.4, 0.5) is 0 Å². The molecule has 0 aliphatic rings. The van der Waals surface area contributed by atoms with Crippen molar-refractivity contribution in [2.75, 3.05) is 39.6 Å². The Bertz CT molecular complexity index is 1770. The molecule has 0 radical (unpaired) electrons. The average molecular weight is 1310 g/mol. The van der Waals surface area contributed by atoms with Crippen LogP contribution in [0.5, 0.6) is 0 Å². The maximum atomic E-state index is 13.0. The molecule has 0 heterocycles. The van der Waals surface area contributed by atoms with Gasteiger partial charge in [-0.15, -0.1) is 0 Å². The summed E-state index contributed by atoms with van der Waals surface area (Å²) in [5.41, 5.74) is 0. The Morgan fingerprint density at radius 2 is 0.539 bits per heavy atom. The molecule has 0 bridgehead atoms. The first kappa shape index (κ1) is 87.1. The van der Waals surface area contributed by atoms with Crippen molar-refractivity contribution in [3.63, 3.8) is 0 Å². The quantitative estimate of drug-likeness (QED) is 0.0222. The summed E-state index contributed by atoms with van der Waals surface area (Å²) in [4.78, 5) is 72.6. The molecule has 0 aromatic carbocycles. The van der Waals surface area contributed by atoms with Crippen molar-refractivity contribution in [1.29, 1.82) is 0 Å². The van der Waals surface area contributed by atoms with E-state index < -0.39 is 97.5 Å². The Morgan fingerprint density at radius 3 is 0.798 bits per heavy atom. The number of ether oxygens (including phenoxy) is 4. The zero-order chi connectivity index (χ0) is 66.1. The molecular weight excluding hydrogens is 1170 g/mol. The molecule has 3 N–H and O–H groups in total. The van der Waals surface area contributed by atoms with Crippen LogP contribution in [0, 0.1) is 23.7 Å². The highest BCUT2D eigenvalue weighted by Gasteiger charge is 2.30. The second-order valence-electron chi connectivity index (χ2n) is 26.5. The Kier molecular flexibility index (Phi) is 58.5. The minimum Gasteiger partial charge on any atom is -0.462 e. The number of unbranched alkanes of at least 4 members (excludes halogenated alkanes) is 30. The lowest BCUT2D eigenvalue weighted by Crippen LogP contribution is -2.30. The Balaban J connectivity index is 5.27. The van der Waals surface area contributed by atoms with Gasteiger partial charge >= 0.3 is 39.5 Å². The molecular formula is C70H136O17P2. The molecule has 528 valence electrons. The monoisotopic (exact) mass is 1310 g/mol. The molecule has 0 rings (SSSR count). The van der Waals surface area contributed by atoms with Crippen LogP contribution < -0.4 is 0 Å². The third-order valence-corrected chi connectivity index (χ3v) is 19.1. The van der Waals surface area contributed by atoms with Gasteiger partial charge in [0.05, 0.1) is 26.4 Å². The van der Waals surface area contributed by atoms with Gasteiger partial charge in [0.2, 0.25) is 0 Å². The summed E-state index contributed by atoms with van der Waals surface area (Å²) in [5, 5.41) is 10.6. The molecule has 0 aromatic heterocycles. The number of hydrogen-bond acceptors (Lipinski definition) is 15. The van der Waals surface area contributed by atoms with E-state index in [-0.39, 0.29) is 25.7 Å². The van der Waals surface area contributed by atoms with Crippen LogP contribution in [0.15, 0.2) is 0 Å². The molecule has 0 saturated carbocycles. The molecule has 0 saturated heterocycles. The van der Waals surface area contributed by atoms with Crippen molar-refractivity contribution in [1.82, 2.24) is 0 Å². The number of aliphatic hydroxyl groups excluding tert-OH is 1. The smallest absolute Gasteiger partial charge is 0.462 e. The summed E-state index contributed by atoms with van der Waals surface area (Å²) in [6.07, 6.45) is 41.6. The molecule has 0 spiro atoms. The molecule has 5 unspecified atom stereocenters. The van der Waals surface area contributed by atoms with Gasteiger partial charge in [-0.3, -0.25) is 37.3 Å². The van der Waals surface area contributed by atoms with Crippen molar-refractivity contribution < 1.29 is 80.2 Å². The Labute approximate surface area is 543 Å². The van der Waals surface area contributed by atoms with Crippen molar-refractivity contribution in [2.24, 2.45) is 23.7 Å². The van der Waals surface area contributed by atoms with Gasteiger partial charge in [0, 0.05) is 25.7 Å². The van der Waals surface area contributed by atoms with E-state index in [1.807, 2.05) is 0 Å². The summed E-state index contributed by atoms with van der Waals surface area (Å²) in [6.45, 7) is 14.1.